The molecule has 1 aliphatic heterocycles. The third kappa shape index (κ3) is 5.07. The lowest BCUT2D eigenvalue weighted by atomic mass is 9.95. The Labute approximate surface area is 199 Å². The first-order valence-corrected chi connectivity index (χ1v) is 12.5. The number of nitrogens with zero attached hydrogens (tertiary/aromatic N) is 5. The zero-order valence-electron chi connectivity index (χ0n) is 17.8. The number of hydrogen-bond donors (Lipinski definition) is 1. The molecule has 0 aliphatic carbocycles. The Kier molecular flexibility index (Phi) is 6.36. The highest BCUT2D eigenvalue weighted by molar-refractivity contribution is 7.98. The van der Waals surface area contributed by atoms with Crippen LogP contribution in [-0.4, -0.2) is 49.4 Å². The molecule has 4 heterocycles. The van der Waals surface area contributed by atoms with Crippen molar-refractivity contribution in [2.75, 3.05) is 18.4 Å². The number of amides is 2. The van der Waals surface area contributed by atoms with Crippen molar-refractivity contribution in [3.05, 3.63) is 71.6 Å². The first-order chi connectivity index (χ1) is 16.2. The van der Waals surface area contributed by atoms with E-state index in [1.54, 1.807) is 17.3 Å². The summed E-state index contributed by atoms with van der Waals surface area (Å²) in [7, 11) is 0. The summed E-state index contributed by atoms with van der Waals surface area (Å²) in [6, 6.07) is 13.7. The molecule has 0 unspecified atom stereocenters. The summed E-state index contributed by atoms with van der Waals surface area (Å²) in [5, 5.41) is 10.9. The Bertz CT molecular complexity index is 1210. The molecule has 1 aromatic carbocycles. The van der Waals surface area contributed by atoms with Gasteiger partial charge < -0.3 is 14.6 Å². The van der Waals surface area contributed by atoms with Crippen LogP contribution in [0.4, 0.5) is 5.13 Å². The van der Waals surface area contributed by atoms with Gasteiger partial charge in [-0.3, -0.25) is 9.59 Å². The van der Waals surface area contributed by atoms with E-state index in [-0.39, 0.29) is 17.7 Å². The SMILES string of the molecule is O=C(Nc1nncs1)C1CCN(C(=O)c2ccc(SCc3cn4ccccc4n3)cc2)CC1. The van der Waals surface area contributed by atoms with Gasteiger partial charge in [-0.2, -0.15) is 0 Å². The van der Waals surface area contributed by atoms with Crippen LogP contribution >= 0.6 is 23.1 Å². The normalized spacial score (nSPS) is 14.5. The van der Waals surface area contributed by atoms with Crippen LogP contribution in [0.15, 0.2) is 65.3 Å². The molecule has 0 spiro atoms. The molecule has 3 aromatic heterocycles. The second kappa shape index (κ2) is 9.72. The van der Waals surface area contributed by atoms with Crippen LogP contribution in [0, 0.1) is 5.92 Å². The Morgan fingerprint density at radius 3 is 2.67 bits per heavy atom. The highest BCUT2D eigenvalue weighted by atomic mass is 32.2. The van der Waals surface area contributed by atoms with Crippen LogP contribution in [0.3, 0.4) is 0 Å². The predicted octanol–water partition coefficient (Wildman–Crippen LogP) is 3.97. The molecule has 33 heavy (non-hydrogen) atoms. The fourth-order valence-corrected chi connectivity index (χ4v) is 5.10. The van der Waals surface area contributed by atoms with Crippen LogP contribution in [0.25, 0.3) is 5.65 Å². The molecule has 2 amide bonds. The van der Waals surface area contributed by atoms with Crippen LogP contribution in [0.1, 0.15) is 28.9 Å². The molecule has 0 atom stereocenters. The van der Waals surface area contributed by atoms with Crippen molar-refractivity contribution in [3.63, 3.8) is 0 Å². The predicted molar refractivity (Wildman–Crippen MR) is 128 cm³/mol. The number of aromatic nitrogens is 4. The van der Waals surface area contributed by atoms with Gasteiger partial charge in [0.05, 0.1) is 5.69 Å². The van der Waals surface area contributed by atoms with Crippen molar-refractivity contribution in [3.8, 4) is 0 Å². The van der Waals surface area contributed by atoms with E-state index < -0.39 is 0 Å². The lowest BCUT2D eigenvalue weighted by Gasteiger charge is -2.31. The Morgan fingerprint density at radius 1 is 1.12 bits per heavy atom. The van der Waals surface area contributed by atoms with Gasteiger partial charge in [0.1, 0.15) is 11.2 Å². The third-order valence-corrected chi connectivity index (χ3v) is 7.30. The molecule has 0 bridgehead atoms. The second-order valence-electron chi connectivity index (χ2n) is 7.81. The van der Waals surface area contributed by atoms with E-state index in [2.05, 4.69) is 20.5 Å². The standard InChI is InChI=1S/C23H22N6O2S2/c30-21(26-23-27-24-15-33-23)16-8-11-28(12-9-16)22(31)17-4-6-19(7-5-17)32-14-18-13-29-10-2-1-3-20(29)25-18/h1-7,10,13,15-16H,8-9,11-12,14H2,(H,26,27,30). The van der Waals surface area contributed by atoms with Gasteiger partial charge in [-0.1, -0.05) is 17.4 Å². The Morgan fingerprint density at radius 2 is 1.94 bits per heavy atom. The molecular weight excluding hydrogens is 456 g/mol. The quantitative estimate of drug-likeness (QED) is 0.422. The number of rotatable bonds is 6. The number of hydrogen-bond acceptors (Lipinski definition) is 7. The number of imidazole rings is 1. The van der Waals surface area contributed by atoms with Crippen molar-refractivity contribution in [2.45, 2.75) is 23.5 Å². The minimum absolute atomic E-state index is 0.00915. The summed E-state index contributed by atoms with van der Waals surface area (Å²) in [6.45, 7) is 1.13. The average molecular weight is 479 g/mol. The van der Waals surface area contributed by atoms with Crippen molar-refractivity contribution in [1.29, 1.82) is 0 Å². The van der Waals surface area contributed by atoms with Gasteiger partial charge in [-0.25, -0.2) is 4.98 Å². The van der Waals surface area contributed by atoms with Crippen molar-refractivity contribution < 1.29 is 9.59 Å². The van der Waals surface area contributed by atoms with E-state index in [4.69, 9.17) is 0 Å². The van der Waals surface area contributed by atoms with E-state index >= 15 is 0 Å². The maximum absolute atomic E-state index is 12.9. The number of fused-ring (bicyclic) bond motifs is 1. The number of nitrogens with one attached hydrogen (secondary N) is 1. The molecule has 4 aromatic rings. The molecular formula is C23H22N6O2S2. The number of benzene rings is 1. The molecule has 10 heteroatoms. The van der Waals surface area contributed by atoms with E-state index in [1.807, 2.05) is 64.2 Å². The molecule has 1 saturated heterocycles. The number of carbonyl (C=O) groups excluding carboxylic acids is 2. The average Bonchev–Trinajstić information content (AvgIpc) is 3.52. The van der Waals surface area contributed by atoms with E-state index in [9.17, 15) is 9.59 Å². The first kappa shape index (κ1) is 21.6. The minimum atomic E-state index is -0.115. The number of carbonyl (C=O) groups is 2. The molecule has 1 fully saturated rings. The lowest BCUT2D eigenvalue weighted by Crippen LogP contribution is -2.41. The zero-order valence-corrected chi connectivity index (χ0v) is 19.4. The lowest BCUT2D eigenvalue weighted by molar-refractivity contribution is -0.121. The minimum Gasteiger partial charge on any atom is -0.339 e. The number of pyridine rings is 1. The smallest absolute Gasteiger partial charge is 0.253 e. The summed E-state index contributed by atoms with van der Waals surface area (Å²) in [6.07, 6.45) is 5.31. The summed E-state index contributed by atoms with van der Waals surface area (Å²) in [5.74, 6) is 0.610. The first-order valence-electron chi connectivity index (χ1n) is 10.7. The number of thioether (sulfide) groups is 1. The van der Waals surface area contributed by atoms with Gasteiger partial charge in [-0.05, 0) is 49.2 Å². The van der Waals surface area contributed by atoms with Crippen molar-refractivity contribution >= 4 is 45.7 Å². The molecule has 1 N–H and O–H groups in total. The summed E-state index contributed by atoms with van der Waals surface area (Å²) in [5.41, 5.74) is 4.21. The molecule has 168 valence electrons. The largest absolute Gasteiger partial charge is 0.339 e. The molecule has 5 rings (SSSR count). The van der Waals surface area contributed by atoms with E-state index in [0.717, 1.165) is 22.0 Å². The molecule has 0 radical (unpaired) electrons. The van der Waals surface area contributed by atoms with Crippen molar-refractivity contribution in [2.24, 2.45) is 5.92 Å². The van der Waals surface area contributed by atoms with Gasteiger partial charge in [-0.15, -0.1) is 22.0 Å². The van der Waals surface area contributed by atoms with E-state index in [0.29, 0.717) is 36.6 Å². The summed E-state index contributed by atoms with van der Waals surface area (Å²) >= 11 is 2.99. The number of anilines is 1. The van der Waals surface area contributed by atoms with Crippen LogP contribution in [0.5, 0.6) is 0 Å². The number of piperidine rings is 1. The van der Waals surface area contributed by atoms with Crippen LogP contribution in [0.2, 0.25) is 0 Å². The summed E-state index contributed by atoms with van der Waals surface area (Å²) < 4.78 is 2.01. The van der Waals surface area contributed by atoms with Gasteiger partial charge in [0.2, 0.25) is 11.0 Å². The fraction of sp³-hybridized carbons (Fsp3) is 0.261. The van der Waals surface area contributed by atoms with Gasteiger partial charge in [0, 0.05) is 47.6 Å². The Balaban J connectivity index is 1.12. The maximum atomic E-state index is 12.9. The monoisotopic (exact) mass is 478 g/mol. The highest BCUT2D eigenvalue weighted by Crippen LogP contribution is 2.25. The zero-order chi connectivity index (χ0) is 22.6. The van der Waals surface area contributed by atoms with Crippen LogP contribution < -0.4 is 5.32 Å². The van der Waals surface area contributed by atoms with Crippen LogP contribution in [-0.2, 0) is 10.5 Å². The second-order valence-corrected chi connectivity index (χ2v) is 9.69. The van der Waals surface area contributed by atoms with Gasteiger partial charge in [0.15, 0.2) is 0 Å². The van der Waals surface area contributed by atoms with Gasteiger partial charge >= 0.3 is 0 Å². The van der Waals surface area contributed by atoms with Gasteiger partial charge in [0.25, 0.3) is 5.91 Å². The number of likely N-dealkylation sites (tertiary alicyclic amines) is 1. The highest BCUT2D eigenvalue weighted by Gasteiger charge is 2.28. The summed E-state index contributed by atoms with van der Waals surface area (Å²) in [4.78, 5) is 32.8. The molecule has 8 nitrogen and oxygen atoms in total. The topological polar surface area (TPSA) is 92.5 Å². The molecule has 0 saturated carbocycles. The van der Waals surface area contributed by atoms with Crippen molar-refractivity contribution in [1.82, 2.24) is 24.5 Å². The third-order valence-electron chi connectivity index (χ3n) is 5.64. The molecule has 1 aliphatic rings. The maximum Gasteiger partial charge on any atom is 0.253 e. The van der Waals surface area contributed by atoms with E-state index in [1.165, 1.54) is 11.3 Å². The fourth-order valence-electron chi connectivity index (χ4n) is 3.87. The Hall–Kier alpha value is -3.24.